The fourth-order valence-electron chi connectivity index (χ4n) is 3.64. The standard InChI is InChI=1S/C21H23FN4/c1-13-5-4-6-18(22)21(13)14-7-15-10-24-20(23)9-17(15)19(8-14)26-11-16(12-26)25(2)3/h4-10,16H,11-12H2,1-3H3,(H2,23,24). The van der Waals surface area contributed by atoms with Crippen LogP contribution in [-0.4, -0.2) is 43.1 Å². The molecule has 4 rings (SSSR count). The van der Waals surface area contributed by atoms with Crippen LogP contribution in [0.1, 0.15) is 5.56 Å². The van der Waals surface area contributed by atoms with E-state index in [4.69, 9.17) is 5.73 Å². The van der Waals surface area contributed by atoms with Gasteiger partial charge in [0.1, 0.15) is 11.6 Å². The van der Waals surface area contributed by atoms with E-state index in [0.717, 1.165) is 40.7 Å². The normalized spacial score (nSPS) is 14.9. The first kappa shape index (κ1) is 16.8. The molecule has 26 heavy (non-hydrogen) atoms. The number of halogens is 1. The minimum atomic E-state index is -0.200. The van der Waals surface area contributed by atoms with E-state index in [1.54, 1.807) is 12.3 Å². The number of rotatable bonds is 3. The van der Waals surface area contributed by atoms with Crippen molar-refractivity contribution in [3.05, 3.63) is 54.0 Å². The van der Waals surface area contributed by atoms with Crippen LogP contribution in [0, 0.1) is 12.7 Å². The van der Waals surface area contributed by atoms with Gasteiger partial charge in [-0.3, -0.25) is 0 Å². The fraction of sp³-hybridized carbons (Fsp3) is 0.286. The Bertz CT molecular complexity index is 957. The van der Waals surface area contributed by atoms with Crippen molar-refractivity contribution in [2.75, 3.05) is 37.8 Å². The molecular weight excluding hydrogens is 327 g/mol. The molecule has 4 nitrogen and oxygen atoms in total. The highest BCUT2D eigenvalue weighted by atomic mass is 19.1. The molecule has 0 saturated carbocycles. The SMILES string of the molecule is Cc1cccc(F)c1-c1cc(N2CC(N(C)C)C2)c2cc(N)ncc2c1. The molecule has 1 saturated heterocycles. The quantitative estimate of drug-likeness (QED) is 0.783. The summed E-state index contributed by atoms with van der Waals surface area (Å²) in [4.78, 5) is 8.79. The lowest BCUT2D eigenvalue weighted by Crippen LogP contribution is -2.57. The first-order chi connectivity index (χ1) is 12.4. The molecule has 2 heterocycles. The van der Waals surface area contributed by atoms with Crippen LogP contribution in [0.3, 0.4) is 0 Å². The smallest absolute Gasteiger partial charge is 0.131 e. The number of nitrogen functional groups attached to an aromatic ring is 1. The number of anilines is 2. The summed E-state index contributed by atoms with van der Waals surface area (Å²) < 4.78 is 14.5. The molecule has 134 valence electrons. The first-order valence-corrected chi connectivity index (χ1v) is 8.80. The number of aromatic nitrogens is 1. The maximum absolute atomic E-state index is 14.5. The van der Waals surface area contributed by atoms with Gasteiger partial charge in [-0.05, 0) is 56.4 Å². The number of pyridine rings is 1. The number of nitrogens with zero attached hydrogens (tertiary/aromatic N) is 3. The summed E-state index contributed by atoms with van der Waals surface area (Å²) in [5.74, 6) is 0.298. The molecule has 0 aliphatic carbocycles. The molecule has 1 aliphatic heterocycles. The number of hydrogen-bond donors (Lipinski definition) is 1. The topological polar surface area (TPSA) is 45.4 Å². The van der Waals surface area contributed by atoms with Crippen molar-refractivity contribution in [2.24, 2.45) is 0 Å². The fourth-order valence-corrected chi connectivity index (χ4v) is 3.64. The Labute approximate surface area is 153 Å². The van der Waals surface area contributed by atoms with E-state index in [0.29, 0.717) is 17.4 Å². The maximum Gasteiger partial charge on any atom is 0.131 e. The lowest BCUT2D eigenvalue weighted by Gasteiger charge is -2.45. The lowest BCUT2D eigenvalue weighted by atomic mass is 9.95. The number of aryl methyl sites for hydroxylation is 1. The van der Waals surface area contributed by atoms with Crippen LogP contribution in [0.15, 0.2) is 42.6 Å². The Balaban J connectivity index is 1.88. The first-order valence-electron chi connectivity index (χ1n) is 8.80. The molecule has 0 radical (unpaired) electrons. The second kappa shape index (κ2) is 6.25. The number of likely N-dealkylation sites (N-methyl/N-ethyl adjacent to an activating group) is 1. The van der Waals surface area contributed by atoms with Gasteiger partial charge in [-0.1, -0.05) is 12.1 Å². The van der Waals surface area contributed by atoms with Gasteiger partial charge in [0.2, 0.25) is 0 Å². The van der Waals surface area contributed by atoms with Gasteiger partial charge in [-0.15, -0.1) is 0 Å². The van der Waals surface area contributed by atoms with Gasteiger partial charge in [0.05, 0.1) is 0 Å². The highest BCUT2D eigenvalue weighted by molar-refractivity contribution is 5.99. The zero-order chi connectivity index (χ0) is 18.4. The van der Waals surface area contributed by atoms with Gasteiger partial charge in [-0.2, -0.15) is 0 Å². The molecule has 0 bridgehead atoms. The molecule has 1 aromatic heterocycles. The van der Waals surface area contributed by atoms with Gasteiger partial charge in [0.25, 0.3) is 0 Å². The van der Waals surface area contributed by atoms with Crippen LogP contribution >= 0.6 is 0 Å². The van der Waals surface area contributed by atoms with E-state index in [1.165, 1.54) is 6.07 Å². The van der Waals surface area contributed by atoms with Crippen LogP contribution in [-0.2, 0) is 0 Å². The largest absolute Gasteiger partial charge is 0.384 e. The Kier molecular flexibility index (Phi) is 4.04. The monoisotopic (exact) mass is 350 g/mol. The van der Waals surface area contributed by atoms with Crippen molar-refractivity contribution in [3.63, 3.8) is 0 Å². The van der Waals surface area contributed by atoms with Crippen LogP contribution < -0.4 is 10.6 Å². The second-order valence-corrected chi connectivity index (χ2v) is 7.28. The van der Waals surface area contributed by atoms with E-state index in [1.807, 2.05) is 25.1 Å². The van der Waals surface area contributed by atoms with Gasteiger partial charge < -0.3 is 15.5 Å². The predicted octanol–water partition coefficient (Wildman–Crippen LogP) is 3.68. The molecule has 1 aliphatic rings. The predicted molar refractivity (Wildman–Crippen MR) is 106 cm³/mol. The zero-order valence-corrected chi connectivity index (χ0v) is 15.3. The van der Waals surface area contributed by atoms with E-state index >= 15 is 0 Å². The number of nitrogens with two attached hydrogens (primary N) is 1. The van der Waals surface area contributed by atoms with Crippen molar-refractivity contribution in [2.45, 2.75) is 13.0 Å². The average molecular weight is 350 g/mol. The van der Waals surface area contributed by atoms with Gasteiger partial charge in [-0.25, -0.2) is 9.37 Å². The third-order valence-electron chi connectivity index (χ3n) is 5.28. The summed E-state index contributed by atoms with van der Waals surface area (Å²) in [5.41, 5.74) is 9.47. The summed E-state index contributed by atoms with van der Waals surface area (Å²) in [5, 5.41) is 2.04. The Morgan fingerprint density at radius 1 is 1.19 bits per heavy atom. The molecule has 0 atom stereocenters. The Morgan fingerprint density at radius 3 is 2.65 bits per heavy atom. The third-order valence-corrected chi connectivity index (χ3v) is 5.28. The molecular formula is C21H23FN4. The van der Waals surface area contributed by atoms with Gasteiger partial charge >= 0.3 is 0 Å². The molecule has 2 N–H and O–H groups in total. The van der Waals surface area contributed by atoms with Crippen LogP contribution in [0.25, 0.3) is 21.9 Å². The van der Waals surface area contributed by atoms with Crippen molar-refractivity contribution < 1.29 is 4.39 Å². The van der Waals surface area contributed by atoms with Crippen molar-refractivity contribution in [1.29, 1.82) is 0 Å². The summed E-state index contributed by atoms with van der Waals surface area (Å²) >= 11 is 0. The molecule has 0 spiro atoms. The number of hydrogen-bond acceptors (Lipinski definition) is 4. The van der Waals surface area contributed by atoms with Crippen molar-refractivity contribution >= 4 is 22.3 Å². The summed E-state index contributed by atoms with van der Waals surface area (Å²) in [6.45, 7) is 3.84. The highest BCUT2D eigenvalue weighted by Crippen LogP contribution is 2.37. The van der Waals surface area contributed by atoms with Crippen LogP contribution in [0.4, 0.5) is 15.9 Å². The molecule has 3 aromatic rings. The summed E-state index contributed by atoms with van der Waals surface area (Å²) in [7, 11) is 4.20. The summed E-state index contributed by atoms with van der Waals surface area (Å²) in [6, 6.07) is 11.7. The molecule has 5 heteroatoms. The Morgan fingerprint density at radius 2 is 1.96 bits per heavy atom. The van der Waals surface area contributed by atoms with Crippen molar-refractivity contribution in [3.8, 4) is 11.1 Å². The molecule has 1 fully saturated rings. The molecule has 0 unspecified atom stereocenters. The number of fused-ring (bicyclic) bond motifs is 1. The van der Waals surface area contributed by atoms with Gasteiger partial charge in [0.15, 0.2) is 0 Å². The van der Waals surface area contributed by atoms with E-state index < -0.39 is 0 Å². The number of benzene rings is 2. The minimum absolute atomic E-state index is 0.200. The Hall–Kier alpha value is -2.66. The van der Waals surface area contributed by atoms with Crippen LogP contribution in [0.2, 0.25) is 0 Å². The van der Waals surface area contributed by atoms with Gasteiger partial charge in [0, 0.05) is 47.4 Å². The lowest BCUT2D eigenvalue weighted by molar-refractivity contribution is 0.247. The third kappa shape index (κ3) is 2.78. The zero-order valence-electron chi connectivity index (χ0n) is 15.3. The van der Waals surface area contributed by atoms with Crippen LogP contribution in [0.5, 0.6) is 0 Å². The molecule has 2 aromatic carbocycles. The minimum Gasteiger partial charge on any atom is -0.384 e. The van der Waals surface area contributed by atoms with Crippen molar-refractivity contribution in [1.82, 2.24) is 9.88 Å². The molecule has 0 amide bonds. The second-order valence-electron chi connectivity index (χ2n) is 7.28. The van der Waals surface area contributed by atoms with E-state index in [-0.39, 0.29) is 5.82 Å². The van der Waals surface area contributed by atoms with E-state index in [9.17, 15) is 4.39 Å². The average Bonchev–Trinajstić information content (AvgIpc) is 2.53. The highest BCUT2D eigenvalue weighted by Gasteiger charge is 2.30. The van der Waals surface area contributed by atoms with E-state index in [2.05, 4.69) is 34.9 Å². The summed E-state index contributed by atoms with van der Waals surface area (Å²) in [6.07, 6.45) is 1.77. The maximum atomic E-state index is 14.5.